The van der Waals surface area contributed by atoms with Crippen molar-refractivity contribution < 1.29 is 23.1 Å². The minimum absolute atomic E-state index is 0.235. The zero-order chi connectivity index (χ0) is 13.1. The number of carboxylic acid groups (broad SMARTS) is 1. The maximum Gasteiger partial charge on any atom is 0.323 e. The summed E-state index contributed by atoms with van der Waals surface area (Å²) in [5.41, 5.74) is 0. The predicted octanol–water partition coefficient (Wildman–Crippen LogP) is -1.64. The van der Waals surface area contributed by atoms with Crippen LogP contribution in [0.4, 0.5) is 4.79 Å². The predicted molar refractivity (Wildman–Crippen MR) is 59.0 cm³/mol. The molecule has 0 aromatic heterocycles. The van der Waals surface area contributed by atoms with E-state index < -0.39 is 28.6 Å². The molecule has 0 radical (unpaired) electrons. The van der Waals surface area contributed by atoms with E-state index in [4.69, 9.17) is 5.11 Å². The molecule has 98 valence electrons. The van der Waals surface area contributed by atoms with E-state index in [1.807, 2.05) is 0 Å². The van der Waals surface area contributed by atoms with Crippen LogP contribution in [0.25, 0.3) is 0 Å². The summed E-state index contributed by atoms with van der Waals surface area (Å²) in [5, 5.41) is 10.6. The normalized spacial score (nSPS) is 17.8. The first-order valence-corrected chi connectivity index (χ1v) is 6.85. The third-order valence-electron chi connectivity index (χ3n) is 2.39. The van der Waals surface area contributed by atoms with Gasteiger partial charge >= 0.3 is 12.0 Å². The summed E-state index contributed by atoms with van der Waals surface area (Å²) < 4.78 is 23.7. The Kier molecular flexibility index (Phi) is 4.29. The van der Waals surface area contributed by atoms with Gasteiger partial charge in [0.15, 0.2) is 0 Å². The first-order chi connectivity index (χ1) is 7.80. The molecule has 1 aliphatic rings. The Balaban J connectivity index is 2.41. The molecule has 0 spiro atoms. The van der Waals surface area contributed by atoms with Crippen LogP contribution in [-0.4, -0.2) is 73.7 Å². The zero-order valence-electron chi connectivity index (χ0n) is 9.42. The monoisotopic (exact) mass is 265 g/mol. The number of carboxylic acids is 1. The van der Waals surface area contributed by atoms with Crippen LogP contribution < -0.4 is 5.32 Å². The van der Waals surface area contributed by atoms with Gasteiger partial charge < -0.3 is 15.3 Å². The Morgan fingerprint density at radius 3 is 2.18 bits per heavy atom. The summed E-state index contributed by atoms with van der Waals surface area (Å²) in [5.74, 6) is -1.12. The second-order valence-electron chi connectivity index (χ2n) is 3.70. The summed E-state index contributed by atoms with van der Waals surface area (Å²) in [7, 11) is -3.22. The highest BCUT2D eigenvalue weighted by atomic mass is 32.2. The second kappa shape index (κ2) is 5.32. The van der Waals surface area contributed by atoms with Gasteiger partial charge in [-0.15, -0.1) is 0 Å². The molecule has 0 atom stereocenters. The SMILES string of the molecule is CS(=O)(=O)N1CCN(C(=O)NCC(=O)O)CC1. The van der Waals surface area contributed by atoms with E-state index >= 15 is 0 Å². The number of urea groups is 1. The Bertz CT molecular complexity index is 399. The van der Waals surface area contributed by atoms with Crippen molar-refractivity contribution in [3.05, 3.63) is 0 Å². The fourth-order valence-corrected chi connectivity index (χ4v) is 2.31. The average molecular weight is 265 g/mol. The standard InChI is InChI=1S/C8H15N3O5S/c1-17(15,16)11-4-2-10(3-5-11)8(14)9-6-7(12)13/h2-6H2,1H3,(H,9,14)(H,12,13). The lowest BCUT2D eigenvalue weighted by molar-refractivity contribution is -0.135. The Labute approximate surface area is 99.2 Å². The molecule has 0 saturated carbocycles. The van der Waals surface area contributed by atoms with Gasteiger partial charge in [0.05, 0.1) is 6.26 Å². The van der Waals surface area contributed by atoms with Gasteiger partial charge in [0, 0.05) is 26.2 Å². The highest BCUT2D eigenvalue weighted by Gasteiger charge is 2.25. The smallest absolute Gasteiger partial charge is 0.323 e. The molecule has 2 N–H and O–H groups in total. The molecule has 2 amide bonds. The number of piperazine rings is 1. The summed E-state index contributed by atoms with van der Waals surface area (Å²) in [4.78, 5) is 23.1. The zero-order valence-corrected chi connectivity index (χ0v) is 10.2. The summed E-state index contributed by atoms with van der Waals surface area (Å²) >= 11 is 0. The first kappa shape index (κ1) is 13.7. The first-order valence-electron chi connectivity index (χ1n) is 5.00. The van der Waals surface area contributed by atoms with Gasteiger partial charge in [0.2, 0.25) is 10.0 Å². The van der Waals surface area contributed by atoms with E-state index in [9.17, 15) is 18.0 Å². The Morgan fingerprint density at radius 1 is 1.24 bits per heavy atom. The molecular formula is C8H15N3O5S. The third kappa shape index (κ3) is 4.19. The number of carbonyl (C=O) groups is 2. The van der Waals surface area contributed by atoms with E-state index in [0.29, 0.717) is 0 Å². The number of rotatable bonds is 3. The van der Waals surface area contributed by atoms with Crippen LogP contribution in [0.15, 0.2) is 0 Å². The number of nitrogens with one attached hydrogen (secondary N) is 1. The van der Waals surface area contributed by atoms with Crippen molar-refractivity contribution in [3.63, 3.8) is 0 Å². The minimum Gasteiger partial charge on any atom is -0.480 e. The molecule has 8 nitrogen and oxygen atoms in total. The molecule has 0 aromatic rings. The number of carbonyl (C=O) groups excluding carboxylic acids is 1. The molecule has 1 heterocycles. The topological polar surface area (TPSA) is 107 Å². The van der Waals surface area contributed by atoms with Crippen LogP contribution in [0, 0.1) is 0 Å². The van der Waals surface area contributed by atoms with Crippen LogP contribution in [-0.2, 0) is 14.8 Å². The number of amides is 2. The molecule has 1 rings (SSSR count). The van der Waals surface area contributed by atoms with Crippen molar-refractivity contribution >= 4 is 22.0 Å². The highest BCUT2D eigenvalue weighted by molar-refractivity contribution is 7.88. The van der Waals surface area contributed by atoms with Gasteiger partial charge in [-0.2, -0.15) is 4.31 Å². The Hall–Kier alpha value is -1.35. The van der Waals surface area contributed by atoms with Crippen molar-refractivity contribution in [2.75, 3.05) is 39.0 Å². The minimum atomic E-state index is -3.22. The maximum absolute atomic E-state index is 11.4. The van der Waals surface area contributed by atoms with Gasteiger partial charge in [-0.25, -0.2) is 13.2 Å². The average Bonchev–Trinajstić information content (AvgIpc) is 2.25. The third-order valence-corrected chi connectivity index (χ3v) is 3.69. The van der Waals surface area contributed by atoms with Crippen molar-refractivity contribution in [1.29, 1.82) is 0 Å². The lowest BCUT2D eigenvalue weighted by atomic mass is 10.4. The molecular weight excluding hydrogens is 250 g/mol. The number of nitrogens with zero attached hydrogens (tertiary/aromatic N) is 2. The van der Waals surface area contributed by atoms with E-state index in [2.05, 4.69) is 5.32 Å². The molecule has 0 unspecified atom stereocenters. The van der Waals surface area contributed by atoms with Crippen molar-refractivity contribution in [2.45, 2.75) is 0 Å². The molecule has 1 aliphatic heterocycles. The van der Waals surface area contributed by atoms with E-state index in [1.54, 1.807) is 0 Å². The summed E-state index contributed by atoms with van der Waals surface area (Å²) in [6.07, 6.45) is 1.12. The molecule has 1 saturated heterocycles. The molecule has 17 heavy (non-hydrogen) atoms. The van der Waals surface area contributed by atoms with E-state index in [1.165, 1.54) is 9.21 Å². The van der Waals surface area contributed by atoms with Crippen LogP contribution >= 0.6 is 0 Å². The molecule has 0 aliphatic carbocycles. The van der Waals surface area contributed by atoms with Gasteiger partial charge in [-0.1, -0.05) is 0 Å². The van der Waals surface area contributed by atoms with Crippen molar-refractivity contribution in [1.82, 2.24) is 14.5 Å². The lowest BCUT2D eigenvalue weighted by Gasteiger charge is -2.33. The van der Waals surface area contributed by atoms with Crippen LogP contribution in [0.3, 0.4) is 0 Å². The fraction of sp³-hybridized carbons (Fsp3) is 0.750. The maximum atomic E-state index is 11.4. The lowest BCUT2D eigenvalue weighted by Crippen LogP contribution is -2.53. The van der Waals surface area contributed by atoms with Gasteiger partial charge in [-0.05, 0) is 0 Å². The van der Waals surface area contributed by atoms with Crippen LogP contribution in [0.5, 0.6) is 0 Å². The fourth-order valence-electron chi connectivity index (χ4n) is 1.49. The number of sulfonamides is 1. The van der Waals surface area contributed by atoms with E-state index in [-0.39, 0.29) is 26.2 Å². The Morgan fingerprint density at radius 2 is 1.76 bits per heavy atom. The molecule has 0 bridgehead atoms. The number of hydrogen-bond donors (Lipinski definition) is 2. The summed E-state index contributed by atoms with van der Waals surface area (Å²) in [6.45, 7) is 0.556. The highest BCUT2D eigenvalue weighted by Crippen LogP contribution is 2.05. The number of aliphatic carboxylic acids is 1. The van der Waals surface area contributed by atoms with Gasteiger partial charge in [0.1, 0.15) is 6.54 Å². The largest absolute Gasteiger partial charge is 0.480 e. The number of hydrogen-bond acceptors (Lipinski definition) is 4. The quantitative estimate of drug-likeness (QED) is 0.636. The molecule has 0 aromatic carbocycles. The molecule has 1 fully saturated rings. The van der Waals surface area contributed by atoms with E-state index in [0.717, 1.165) is 6.26 Å². The van der Waals surface area contributed by atoms with Crippen molar-refractivity contribution in [3.8, 4) is 0 Å². The summed E-state index contributed by atoms with van der Waals surface area (Å²) in [6, 6.07) is -0.486. The van der Waals surface area contributed by atoms with Gasteiger partial charge in [-0.3, -0.25) is 4.79 Å². The van der Waals surface area contributed by atoms with Crippen LogP contribution in [0.2, 0.25) is 0 Å². The van der Waals surface area contributed by atoms with Gasteiger partial charge in [0.25, 0.3) is 0 Å². The second-order valence-corrected chi connectivity index (χ2v) is 5.68. The van der Waals surface area contributed by atoms with Crippen molar-refractivity contribution in [2.24, 2.45) is 0 Å². The molecule has 9 heteroatoms. The van der Waals surface area contributed by atoms with Crippen LogP contribution in [0.1, 0.15) is 0 Å².